The SMILES string of the molecule is CNNC1C=C(N2CCc3cc(C(=O)N4CCCC4)cnc32)C=CN1C=O. The largest absolute Gasteiger partial charge is 0.339 e. The fourth-order valence-corrected chi connectivity index (χ4v) is 3.84. The normalized spacial score (nSPS) is 21.4. The van der Waals surface area contributed by atoms with Crippen molar-refractivity contribution in [2.75, 3.05) is 31.6 Å². The molecule has 1 aromatic rings. The van der Waals surface area contributed by atoms with E-state index in [1.807, 2.05) is 23.1 Å². The van der Waals surface area contributed by atoms with Gasteiger partial charge in [-0.15, -0.1) is 0 Å². The van der Waals surface area contributed by atoms with Crippen molar-refractivity contribution < 1.29 is 9.59 Å². The van der Waals surface area contributed by atoms with Gasteiger partial charge in [0.2, 0.25) is 6.41 Å². The van der Waals surface area contributed by atoms with Gasteiger partial charge >= 0.3 is 0 Å². The number of aromatic nitrogens is 1. The fourth-order valence-electron chi connectivity index (χ4n) is 3.84. The van der Waals surface area contributed by atoms with Crippen LogP contribution >= 0.6 is 0 Å². The smallest absolute Gasteiger partial charge is 0.255 e. The summed E-state index contributed by atoms with van der Waals surface area (Å²) in [5.74, 6) is 0.963. The van der Waals surface area contributed by atoms with Crippen molar-refractivity contribution in [2.24, 2.45) is 0 Å². The predicted octanol–water partition coefficient (Wildman–Crippen LogP) is 0.600. The zero-order valence-corrected chi connectivity index (χ0v) is 15.4. The van der Waals surface area contributed by atoms with E-state index in [1.54, 1.807) is 24.3 Å². The van der Waals surface area contributed by atoms with Crippen LogP contribution in [-0.4, -0.2) is 59.9 Å². The number of amides is 2. The van der Waals surface area contributed by atoms with Gasteiger partial charge in [0.15, 0.2) is 0 Å². The summed E-state index contributed by atoms with van der Waals surface area (Å²) in [5.41, 5.74) is 8.65. The molecule has 4 heterocycles. The average Bonchev–Trinajstić information content (AvgIpc) is 3.37. The second-order valence-corrected chi connectivity index (χ2v) is 6.91. The fraction of sp³-hybridized carbons (Fsp3) is 0.421. The van der Waals surface area contributed by atoms with Crippen molar-refractivity contribution in [1.82, 2.24) is 25.6 Å². The molecule has 3 aliphatic rings. The number of hydrogen-bond acceptors (Lipinski definition) is 6. The lowest BCUT2D eigenvalue weighted by molar-refractivity contribution is -0.117. The third-order valence-electron chi connectivity index (χ3n) is 5.24. The molecule has 3 aliphatic heterocycles. The maximum absolute atomic E-state index is 12.6. The maximum Gasteiger partial charge on any atom is 0.255 e. The van der Waals surface area contributed by atoms with E-state index >= 15 is 0 Å². The van der Waals surface area contributed by atoms with E-state index in [0.29, 0.717) is 5.56 Å². The summed E-state index contributed by atoms with van der Waals surface area (Å²) >= 11 is 0. The number of carbonyl (C=O) groups is 2. The molecule has 1 fully saturated rings. The lowest BCUT2D eigenvalue weighted by Gasteiger charge is -2.30. The molecule has 1 atom stereocenters. The van der Waals surface area contributed by atoms with Gasteiger partial charge in [-0.25, -0.2) is 10.4 Å². The summed E-state index contributed by atoms with van der Waals surface area (Å²) < 4.78 is 0. The minimum absolute atomic E-state index is 0.0814. The Kier molecular flexibility index (Phi) is 4.91. The van der Waals surface area contributed by atoms with Gasteiger partial charge in [-0.1, -0.05) is 0 Å². The summed E-state index contributed by atoms with van der Waals surface area (Å²) in [6.45, 7) is 2.48. The van der Waals surface area contributed by atoms with E-state index in [-0.39, 0.29) is 12.1 Å². The maximum atomic E-state index is 12.6. The van der Waals surface area contributed by atoms with Crippen molar-refractivity contribution in [3.05, 3.63) is 47.4 Å². The lowest BCUT2D eigenvalue weighted by atomic mass is 10.1. The number of carbonyl (C=O) groups excluding carboxylic acids is 2. The van der Waals surface area contributed by atoms with Gasteiger partial charge in [-0.2, -0.15) is 0 Å². The van der Waals surface area contributed by atoms with Crippen molar-refractivity contribution in [1.29, 1.82) is 0 Å². The van der Waals surface area contributed by atoms with Gasteiger partial charge < -0.3 is 14.7 Å². The number of likely N-dealkylation sites (tertiary alicyclic amines) is 1. The molecule has 8 heteroatoms. The zero-order chi connectivity index (χ0) is 18.8. The van der Waals surface area contributed by atoms with Gasteiger partial charge in [0.05, 0.1) is 5.56 Å². The number of nitrogens with one attached hydrogen (secondary N) is 2. The van der Waals surface area contributed by atoms with Crippen LogP contribution in [0.1, 0.15) is 28.8 Å². The zero-order valence-electron chi connectivity index (χ0n) is 15.4. The molecule has 2 amide bonds. The topological polar surface area (TPSA) is 80.8 Å². The Bertz CT molecular complexity index is 799. The van der Waals surface area contributed by atoms with Crippen molar-refractivity contribution in [3.63, 3.8) is 0 Å². The summed E-state index contributed by atoms with van der Waals surface area (Å²) in [7, 11) is 1.76. The lowest BCUT2D eigenvalue weighted by Crippen LogP contribution is -2.48. The Morgan fingerprint density at radius 1 is 1.30 bits per heavy atom. The van der Waals surface area contributed by atoms with E-state index < -0.39 is 0 Å². The number of allylic oxidation sites excluding steroid dienone is 1. The van der Waals surface area contributed by atoms with E-state index in [4.69, 9.17) is 0 Å². The number of pyridine rings is 1. The molecular weight excluding hydrogens is 344 g/mol. The van der Waals surface area contributed by atoms with Gasteiger partial charge in [-0.05, 0) is 50.1 Å². The third kappa shape index (κ3) is 3.33. The molecule has 8 nitrogen and oxygen atoms in total. The summed E-state index contributed by atoms with van der Waals surface area (Å²) in [6, 6.07) is 1.98. The van der Waals surface area contributed by atoms with Crippen LogP contribution in [0, 0.1) is 0 Å². The summed E-state index contributed by atoms with van der Waals surface area (Å²) in [4.78, 5) is 34.0. The number of anilines is 1. The first-order valence-corrected chi connectivity index (χ1v) is 9.32. The second-order valence-electron chi connectivity index (χ2n) is 6.91. The molecule has 1 saturated heterocycles. The van der Waals surface area contributed by atoms with Crippen LogP contribution in [-0.2, 0) is 11.2 Å². The molecule has 1 unspecified atom stereocenters. The molecule has 0 spiro atoms. The molecular formula is C19H24N6O2. The van der Waals surface area contributed by atoms with Crippen molar-refractivity contribution in [3.8, 4) is 0 Å². The first kappa shape index (κ1) is 17.7. The Morgan fingerprint density at radius 2 is 2.11 bits per heavy atom. The van der Waals surface area contributed by atoms with Crippen LogP contribution in [0.2, 0.25) is 0 Å². The number of nitrogens with zero attached hydrogens (tertiary/aromatic N) is 4. The monoisotopic (exact) mass is 368 g/mol. The molecule has 0 aliphatic carbocycles. The average molecular weight is 368 g/mol. The Morgan fingerprint density at radius 3 is 2.85 bits per heavy atom. The van der Waals surface area contributed by atoms with E-state index in [0.717, 1.165) is 62.4 Å². The van der Waals surface area contributed by atoms with Crippen LogP contribution < -0.4 is 15.8 Å². The molecule has 0 saturated carbocycles. The molecule has 4 rings (SSSR count). The summed E-state index contributed by atoms with van der Waals surface area (Å²) in [6.07, 6.45) is 10.8. The quantitative estimate of drug-likeness (QED) is 0.585. The molecule has 2 N–H and O–H groups in total. The van der Waals surface area contributed by atoms with E-state index in [2.05, 4.69) is 20.7 Å². The summed E-state index contributed by atoms with van der Waals surface area (Å²) in [5, 5.41) is 0. The predicted molar refractivity (Wildman–Crippen MR) is 102 cm³/mol. The highest BCUT2D eigenvalue weighted by atomic mass is 16.2. The second kappa shape index (κ2) is 7.50. The number of hydrogen-bond donors (Lipinski definition) is 2. The molecule has 27 heavy (non-hydrogen) atoms. The van der Waals surface area contributed by atoms with Crippen LogP contribution in [0.25, 0.3) is 0 Å². The first-order valence-electron chi connectivity index (χ1n) is 9.32. The highest BCUT2D eigenvalue weighted by Crippen LogP contribution is 2.31. The van der Waals surface area contributed by atoms with E-state index in [1.165, 1.54) is 0 Å². The van der Waals surface area contributed by atoms with Gasteiger partial charge in [0, 0.05) is 37.7 Å². The number of rotatable bonds is 5. The van der Waals surface area contributed by atoms with Gasteiger partial charge in [0.25, 0.3) is 5.91 Å². The molecule has 0 radical (unpaired) electrons. The van der Waals surface area contributed by atoms with Crippen molar-refractivity contribution in [2.45, 2.75) is 25.4 Å². The highest BCUT2D eigenvalue weighted by molar-refractivity contribution is 5.94. The minimum Gasteiger partial charge on any atom is -0.339 e. The van der Waals surface area contributed by atoms with Gasteiger partial charge in [-0.3, -0.25) is 15.0 Å². The molecule has 0 bridgehead atoms. The third-order valence-corrected chi connectivity index (χ3v) is 5.24. The molecule has 0 aromatic carbocycles. The standard InChI is InChI=1S/C19H24N6O2/c1-20-22-17-11-16(5-8-24(17)13-26)25-9-4-14-10-15(12-21-18(14)25)19(27)23-6-2-3-7-23/h5,8,10-13,17,20,22H,2-4,6-7,9H2,1H3. The van der Waals surface area contributed by atoms with Crippen LogP contribution in [0.4, 0.5) is 5.82 Å². The highest BCUT2D eigenvalue weighted by Gasteiger charge is 2.28. The Labute approximate surface area is 158 Å². The number of fused-ring (bicyclic) bond motifs is 1. The van der Waals surface area contributed by atoms with Crippen LogP contribution in [0.3, 0.4) is 0 Å². The van der Waals surface area contributed by atoms with Crippen molar-refractivity contribution >= 4 is 18.1 Å². The molecule has 1 aromatic heterocycles. The van der Waals surface area contributed by atoms with Crippen LogP contribution in [0.15, 0.2) is 36.3 Å². The molecule has 142 valence electrons. The van der Waals surface area contributed by atoms with Gasteiger partial charge in [0.1, 0.15) is 12.0 Å². The number of hydrazine groups is 1. The van der Waals surface area contributed by atoms with Crippen LogP contribution in [0.5, 0.6) is 0 Å². The minimum atomic E-state index is -0.271. The first-order chi connectivity index (χ1) is 13.2. The Balaban J connectivity index is 1.56. The Hall–Kier alpha value is -2.71. The van der Waals surface area contributed by atoms with E-state index in [9.17, 15) is 9.59 Å².